The van der Waals surface area contributed by atoms with Gasteiger partial charge in [0.15, 0.2) is 18.1 Å². The summed E-state index contributed by atoms with van der Waals surface area (Å²) in [5, 5.41) is 7.17. The third-order valence-corrected chi connectivity index (χ3v) is 3.53. The predicted octanol–water partition coefficient (Wildman–Crippen LogP) is 3.02. The molecule has 0 saturated carbocycles. The van der Waals surface area contributed by atoms with Crippen molar-refractivity contribution in [2.75, 3.05) is 20.8 Å². The van der Waals surface area contributed by atoms with Gasteiger partial charge in [-0.25, -0.2) is 0 Å². The highest BCUT2D eigenvalue weighted by Gasteiger charge is 2.04. The summed E-state index contributed by atoms with van der Waals surface area (Å²) < 4.78 is 10.4. The van der Waals surface area contributed by atoms with Crippen molar-refractivity contribution < 1.29 is 19.1 Å². The summed E-state index contributed by atoms with van der Waals surface area (Å²) in [5.74, 6) is 0.953. The number of benzene rings is 2. The molecule has 0 aliphatic rings. The van der Waals surface area contributed by atoms with Crippen molar-refractivity contribution in [3.63, 3.8) is 0 Å². The number of carbonyl (C=O) groups is 1. The quantitative estimate of drug-likeness (QED) is 0.579. The first-order valence-electron chi connectivity index (χ1n) is 7.51. The van der Waals surface area contributed by atoms with Crippen molar-refractivity contribution in [1.29, 1.82) is 0 Å². The van der Waals surface area contributed by atoms with Gasteiger partial charge in [0.1, 0.15) is 0 Å². The van der Waals surface area contributed by atoms with Gasteiger partial charge in [0.2, 0.25) is 0 Å². The molecule has 6 nitrogen and oxygen atoms in total. The molecule has 2 aromatic carbocycles. The summed E-state index contributed by atoms with van der Waals surface area (Å²) in [6.45, 7) is 0.232. The van der Waals surface area contributed by atoms with E-state index < -0.39 is 0 Å². The summed E-state index contributed by atoms with van der Waals surface area (Å²) >= 11 is 5.81. The van der Waals surface area contributed by atoms with Gasteiger partial charge in [0.25, 0.3) is 5.91 Å². The molecule has 2 aromatic rings. The van der Waals surface area contributed by atoms with Crippen LogP contribution in [0.1, 0.15) is 11.1 Å². The van der Waals surface area contributed by atoms with Gasteiger partial charge in [-0.2, -0.15) is 0 Å². The molecule has 0 aliphatic carbocycles. The second-order valence-electron chi connectivity index (χ2n) is 5.03. The van der Waals surface area contributed by atoms with Crippen molar-refractivity contribution >= 4 is 23.7 Å². The molecular weight excluding hydrogens is 344 g/mol. The van der Waals surface area contributed by atoms with E-state index in [0.717, 1.165) is 11.1 Å². The van der Waals surface area contributed by atoms with E-state index in [2.05, 4.69) is 10.5 Å². The largest absolute Gasteiger partial charge is 0.493 e. The minimum absolute atomic E-state index is 0.169. The second kappa shape index (κ2) is 9.54. The molecule has 0 aliphatic heterocycles. The number of oxime groups is 1. The van der Waals surface area contributed by atoms with Crippen molar-refractivity contribution in [3.8, 4) is 11.5 Å². The number of nitrogens with zero attached hydrogens (tertiary/aromatic N) is 1. The molecule has 7 heteroatoms. The Morgan fingerprint density at radius 3 is 2.52 bits per heavy atom. The fraction of sp³-hybridized carbons (Fsp3) is 0.222. The van der Waals surface area contributed by atoms with Gasteiger partial charge in [0, 0.05) is 17.1 Å². The average molecular weight is 363 g/mol. The van der Waals surface area contributed by atoms with E-state index in [-0.39, 0.29) is 12.5 Å². The molecule has 0 aromatic heterocycles. The standard InChI is InChI=1S/C18H19ClN2O4/c1-23-16-8-5-14(9-17(16)24-2)11-21-25-12-18(22)20-10-13-3-6-15(19)7-4-13/h3-9,11H,10,12H2,1-2H3,(H,20,22)/b21-11-. The molecule has 0 radical (unpaired) electrons. The number of carbonyl (C=O) groups excluding carboxylic acids is 1. The summed E-state index contributed by atoms with van der Waals surface area (Å²) in [6.07, 6.45) is 1.49. The first-order chi connectivity index (χ1) is 12.1. The van der Waals surface area contributed by atoms with E-state index in [1.54, 1.807) is 44.6 Å². The highest BCUT2D eigenvalue weighted by atomic mass is 35.5. The Bertz CT molecular complexity index is 732. The Balaban J connectivity index is 1.76. The normalized spacial score (nSPS) is 10.5. The Kier molecular flexibility index (Phi) is 7.10. The number of nitrogens with one attached hydrogen (secondary N) is 1. The van der Waals surface area contributed by atoms with Gasteiger partial charge in [-0.05, 0) is 35.9 Å². The second-order valence-corrected chi connectivity index (χ2v) is 5.46. The monoisotopic (exact) mass is 362 g/mol. The third kappa shape index (κ3) is 6.00. The molecule has 0 atom stereocenters. The smallest absolute Gasteiger partial charge is 0.261 e. The van der Waals surface area contributed by atoms with Crippen LogP contribution in [0.15, 0.2) is 47.6 Å². The van der Waals surface area contributed by atoms with Gasteiger partial charge in [0.05, 0.1) is 20.4 Å². The summed E-state index contributed by atoms with van der Waals surface area (Å²) in [6, 6.07) is 12.6. The summed E-state index contributed by atoms with van der Waals surface area (Å²) in [5.41, 5.74) is 1.71. The van der Waals surface area contributed by atoms with Gasteiger partial charge in [-0.3, -0.25) is 4.79 Å². The maximum Gasteiger partial charge on any atom is 0.261 e. The minimum atomic E-state index is -0.264. The topological polar surface area (TPSA) is 69.2 Å². The minimum Gasteiger partial charge on any atom is -0.493 e. The zero-order valence-electron chi connectivity index (χ0n) is 14.0. The number of hydrogen-bond acceptors (Lipinski definition) is 5. The highest BCUT2D eigenvalue weighted by Crippen LogP contribution is 2.26. The lowest BCUT2D eigenvalue weighted by molar-refractivity contribution is -0.125. The van der Waals surface area contributed by atoms with Crippen LogP contribution in [0.5, 0.6) is 11.5 Å². The number of ether oxygens (including phenoxy) is 2. The predicted molar refractivity (Wildman–Crippen MR) is 96.4 cm³/mol. The lowest BCUT2D eigenvalue weighted by atomic mass is 10.2. The molecule has 2 rings (SSSR count). The summed E-state index contributed by atoms with van der Waals surface area (Å²) in [4.78, 5) is 16.7. The van der Waals surface area contributed by atoms with Crippen LogP contribution in [0.3, 0.4) is 0 Å². The zero-order valence-corrected chi connectivity index (χ0v) is 14.7. The number of amides is 1. The van der Waals surface area contributed by atoms with E-state index in [4.69, 9.17) is 25.9 Å². The lowest BCUT2D eigenvalue weighted by Gasteiger charge is -2.07. The number of halogens is 1. The van der Waals surface area contributed by atoms with E-state index in [0.29, 0.717) is 23.1 Å². The van der Waals surface area contributed by atoms with Crippen LogP contribution >= 0.6 is 11.6 Å². The number of rotatable bonds is 8. The molecular formula is C18H19ClN2O4. The molecule has 0 bridgehead atoms. The van der Waals surface area contributed by atoms with Gasteiger partial charge in [-0.1, -0.05) is 28.9 Å². The van der Waals surface area contributed by atoms with Crippen LogP contribution in [0.25, 0.3) is 0 Å². The Hall–Kier alpha value is -2.73. The van der Waals surface area contributed by atoms with Crippen LogP contribution in [-0.4, -0.2) is 32.9 Å². The van der Waals surface area contributed by atoms with E-state index >= 15 is 0 Å². The molecule has 0 fully saturated rings. The molecule has 25 heavy (non-hydrogen) atoms. The van der Waals surface area contributed by atoms with Crippen molar-refractivity contribution in [2.24, 2.45) is 5.16 Å². The van der Waals surface area contributed by atoms with Crippen molar-refractivity contribution in [1.82, 2.24) is 5.32 Å². The van der Waals surface area contributed by atoms with E-state index in [1.165, 1.54) is 6.21 Å². The lowest BCUT2D eigenvalue weighted by Crippen LogP contribution is -2.26. The first-order valence-corrected chi connectivity index (χ1v) is 7.88. The number of hydrogen-bond donors (Lipinski definition) is 1. The summed E-state index contributed by atoms with van der Waals surface area (Å²) in [7, 11) is 3.12. The van der Waals surface area contributed by atoms with Gasteiger partial charge < -0.3 is 19.6 Å². The molecule has 0 saturated heterocycles. The maximum absolute atomic E-state index is 11.7. The third-order valence-electron chi connectivity index (χ3n) is 3.28. The fourth-order valence-electron chi connectivity index (χ4n) is 1.98. The van der Waals surface area contributed by atoms with Crippen LogP contribution < -0.4 is 14.8 Å². The molecule has 0 spiro atoms. The zero-order chi connectivity index (χ0) is 18.1. The molecule has 1 amide bonds. The van der Waals surface area contributed by atoms with E-state index in [9.17, 15) is 4.79 Å². The molecule has 0 unspecified atom stereocenters. The highest BCUT2D eigenvalue weighted by molar-refractivity contribution is 6.30. The average Bonchev–Trinajstić information content (AvgIpc) is 2.64. The van der Waals surface area contributed by atoms with Gasteiger partial charge in [-0.15, -0.1) is 0 Å². The van der Waals surface area contributed by atoms with E-state index in [1.807, 2.05) is 12.1 Å². The van der Waals surface area contributed by atoms with Crippen molar-refractivity contribution in [2.45, 2.75) is 6.54 Å². The van der Waals surface area contributed by atoms with Crippen LogP contribution in [0.4, 0.5) is 0 Å². The Labute approximate surface area is 151 Å². The molecule has 132 valence electrons. The Morgan fingerprint density at radius 2 is 1.84 bits per heavy atom. The molecule has 1 N–H and O–H groups in total. The SMILES string of the molecule is COc1ccc(/C=N\OCC(=O)NCc2ccc(Cl)cc2)cc1OC. The Morgan fingerprint density at radius 1 is 1.12 bits per heavy atom. The van der Waals surface area contributed by atoms with Crippen LogP contribution in [0, 0.1) is 0 Å². The maximum atomic E-state index is 11.7. The van der Waals surface area contributed by atoms with Crippen LogP contribution in [-0.2, 0) is 16.2 Å². The van der Waals surface area contributed by atoms with Gasteiger partial charge >= 0.3 is 0 Å². The van der Waals surface area contributed by atoms with Crippen molar-refractivity contribution in [3.05, 3.63) is 58.6 Å². The molecule has 0 heterocycles. The van der Waals surface area contributed by atoms with Crippen LogP contribution in [0.2, 0.25) is 5.02 Å². The first kappa shape index (κ1) is 18.6. The number of methoxy groups -OCH3 is 2. The fourth-order valence-corrected chi connectivity index (χ4v) is 2.11.